The van der Waals surface area contributed by atoms with E-state index in [9.17, 15) is 5.11 Å². The third kappa shape index (κ3) is 3.45. The summed E-state index contributed by atoms with van der Waals surface area (Å²) in [5.74, 6) is 0. The van der Waals surface area contributed by atoms with Crippen LogP contribution in [-0.2, 0) is 11.2 Å². The Hall–Kier alpha value is -1.06. The van der Waals surface area contributed by atoms with Crippen LogP contribution in [0.4, 0.5) is 5.69 Å². The van der Waals surface area contributed by atoms with E-state index in [0.717, 1.165) is 39.1 Å². The van der Waals surface area contributed by atoms with Gasteiger partial charge in [0.15, 0.2) is 0 Å². The van der Waals surface area contributed by atoms with Crippen LogP contribution >= 0.6 is 0 Å². The minimum Gasteiger partial charge on any atom is -0.393 e. The standard InChI is InChI=1S/C14H21NO2/c1-12(16)6-7-13-4-2-3-5-14(13)15-8-10-17-11-9-15/h2-5,12,16H,6-11H2,1H3/t12-/m0/s1. The fourth-order valence-corrected chi connectivity index (χ4v) is 2.20. The second kappa shape index (κ2) is 6.03. The highest BCUT2D eigenvalue weighted by molar-refractivity contribution is 5.54. The van der Waals surface area contributed by atoms with Gasteiger partial charge in [-0.1, -0.05) is 18.2 Å². The molecule has 3 heteroatoms. The van der Waals surface area contributed by atoms with Crippen molar-refractivity contribution in [3.8, 4) is 0 Å². The Balaban J connectivity index is 2.09. The second-order valence-electron chi connectivity index (χ2n) is 4.62. The summed E-state index contributed by atoms with van der Waals surface area (Å²) in [7, 11) is 0. The molecule has 0 unspecified atom stereocenters. The number of rotatable bonds is 4. The molecule has 1 aliphatic heterocycles. The number of nitrogens with zero attached hydrogens (tertiary/aromatic N) is 1. The van der Waals surface area contributed by atoms with Crippen LogP contribution in [0.5, 0.6) is 0 Å². The summed E-state index contributed by atoms with van der Waals surface area (Å²) in [6.45, 7) is 5.39. The van der Waals surface area contributed by atoms with E-state index >= 15 is 0 Å². The number of anilines is 1. The molecule has 0 aliphatic carbocycles. The summed E-state index contributed by atoms with van der Waals surface area (Å²) in [5, 5.41) is 9.38. The lowest BCUT2D eigenvalue weighted by atomic mass is 10.0. The Labute approximate surface area is 103 Å². The van der Waals surface area contributed by atoms with Crippen molar-refractivity contribution in [3.63, 3.8) is 0 Å². The molecule has 0 radical (unpaired) electrons. The second-order valence-corrected chi connectivity index (χ2v) is 4.62. The van der Waals surface area contributed by atoms with E-state index in [1.54, 1.807) is 0 Å². The van der Waals surface area contributed by atoms with Crippen LogP contribution in [-0.4, -0.2) is 37.5 Å². The predicted molar refractivity (Wildman–Crippen MR) is 69.5 cm³/mol. The topological polar surface area (TPSA) is 32.7 Å². The molecule has 0 bridgehead atoms. The van der Waals surface area contributed by atoms with Crippen LogP contribution in [0.25, 0.3) is 0 Å². The molecule has 1 saturated heterocycles. The molecule has 0 amide bonds. The van der Waals surface area contributed by atoms with E-state index in [4.69, 9.17) is 4.74 Å². The zero-order valence-corrected chi connectivity index (χ0v) is 10.4. The van der Waals surface area contributed by atoms with Crippen molar-refractivity contribution < 1.29 is 9.84 Å². The lowest BCUT2D eigenvalue weighted by molar-refractivity contribution is 0.122. The van der Waals surface area contributed by atoms with Crippen molar-refractivity contribution in [2.45, 2.75) is 25.9 Å². The van der Waals surface area contributed by atoms with Gasteiger partial charge >= 0.3 is 0 Å². The first kappa shape index (κ1) is 12.4. The first-order valence-corrected chi connectivity index (χ1v) is 6.36. The Morgan fingerprint density at radius 1 is 1.29 bits per heavy atom. The number of morpholine rings is 1. The van der Waals surface area contributed by atoms with Crippen LogP contribution in [0.1, 0.15) is 18.9 Å². The van der Waals surface area contributed by atoms with E-state index in [0.29, 0.717) is 0 Å². The van der Waals surface area contributed by atoms with Gasteiger partial charge in [0.05, 0.1) is 19.3 Å². The minimum absolute atomic E-state index is 0.229. The molecule has 1 aliphatic rings. The number of ether oxygens (including phenoxy) is 1. The van der Waals surface area contributed by atoms with Gasteiger partial charge in [-0.15, -0.1) is 0 Å². The molecule has 1 aromatic rings. The number of hydrogen-bond donors (Lipinski definition) is 1. The quantitative estimate of drug-likeness (QED) is 0.864. The summed E-state index contributed by atoms with van der Waals surface area (Å²) < 4.78 is 5.38. The van der Waals surface area contributed by atoms with Crippen molar-refractivity contribution in [3.05, 3.63) is 29.8 Å². The molecule has 1 atom stereocenters. The fraction of sp³-hybridized carbons (Fsp3) is 0.571. The number of aliphatic hydroxyl groups excluding tert-OH is 1. The molecule has 0 spiro atoms. The van der Waals surface area contributed by atoms with Crippen molar-refractivity contribution in [1.29, 1.82) is 0 Å². The molecular weight excluding hydrogens is 214 g/mol. The third-order valence-electron chi connectivity index (χ3n) is 3.17. The largest absolute Gasteiger partial charge is 0.393 e. The molecule has 0 aromatic heterocycles. The molecule has 94 valence electrons. The molecule has 1 aromatic carbocycles. The third-order valence-corrected chi connectivity index (χ3v) is 3.17. The van der Waals surface area contributed by atoms with Gasteiger partial charge in [0, 0.05) is 18.8 Å². The lowest BCUT2D eigenvalue weighted by Gasteiger charge is -2.30. The van der Waals surface area contributed by atoms with E-state index in [1.165, 1.54) is 11.3 Å². The van der Waals surface area contributed by atoms with Crippen LogP contribution in [0.2, 0.25) is 0 Å². The summed E-state index contributed by atoms with van der Waals surface area (Å²) in [6, 6.07) is 8.48. The summed E-state index contributed by atoms with van der Waals surface area (Å²) in [5.41, 5.74) is 2.63. The zero-order chi connectivity index (χ0) is 12.1. The van der Waals surface area contributed by atoms with Gasteiger partial charge in [-0.25, -0.2) is 0 Å². The van der Waals surface area contributed by atoms with Gasteiger partial charge in [0.25, 0.3) is 0 Å². The van der Waals surface area contributed by atoms with Gasteiger partial charge in [0.2, 0.25) is 0 Å². The number of aryl methyl sites for hydroxylation is 1. The normalized spacial score (nSPS) is 18.1. The van der Waals surface area contributed by atoms with E-state index in [-0.39, 0.29) is 6.10 Å². The highest BCUT2D eigenvalue weighted by atomic mass is 16.5. The molecular formula is C14H21NO2. The molecule has 0 saturated carbocycles. The molecule has 17 heavy (non-hydrogen) atoms. The molecule has 1 fully saturated rings. The van der Waals surface area contributed by atoms with E-state index in [2.05, 4.69) is 29.2 Å². The monoisotopic (exact) mass is 235 g/mol. The van der Waals surface area contributed by atoms with Gasteiger partial charge in [0.1, 0.15) is 0 Å². The van der Waals surface area contributed by atoms with Gasteiger partial charge < -0.3 is 14.7 Å². The smallest absolute Gasteiger partial charge is 0.0642 e. The van der Waals surface area contributed by atoms with Crippen molar-refractivity contribution in [1.82, 2.24) is 0 Å². The SMILES string of the molecule is C[C@H](O)CCc1ccccc1N1CCOCC1. The Morgan fingerprint density at radius 2 is 2.00 bits per heavy atom. The molecule has 1 heterocycles. The highest BCUT2D eigenvalue weighted by Crippen LogP contribution is 2.23. The highest BCUT2D eigenvalue weighted by Gasteiger charge is 2.14. The zero-order valence-electron chi connectivity index (χ0n) is 10.4. The van der Waals surface area contributed by atoms with Crippen LogP contribution in [0, 0.1) is 0 Å². The average molecular weight is 235 g/mol. The van der Waals surface area contributed by atoms with Gasteiger partial charge in [-0.3, -0.25) is 0 Å². The van der Waals surface area contributed by atoms with Crippen molar-refractivity contribution in [2.75, 3.05) is 31.2 Å². The summed E-state index contributed by atoms with van der Waals surface area (Å²) >= 11 is 0. The number of para-hydroxylation sites is 1. The number of hydrogen-bond acceptors (Lipinski definition) is 3. The number of benzene rings is 1. The summed E-state index contributed by atoms with van der Waals surface area (Å²) in [6.07, 6.45) is 1.53. The van der Waals surface area contributed by atoms with Crippen LogP contribution in [0.3, 0.4) is 0 Å². The summed E-state index contributed by atoms with van der Waals surface area (Å²) in [4.78, 5) is 2.38. The van der Waals surface area contributed by atoms with E-state index in [1.807, 2.05) is 6.92 Å². The van der Waals surface area contributed by atoms with E-state index < -0.39 is 0 Å². The Bertz CT molecular complexity index is 346. The van der Waals surface area contributed by atoms with Gasteiger partial charge in [-0.2, -0.15) is 0 Å². The molecule has 1 N–H and O–H groups in total. The van der Waals surface area contributed by atoms with Gasteiger partial charge in [-0.05, 0) is 31.4 Å². The molecule has 3 nitrogen and oxygen atoms in total. The minimum atomic E-state index is -0.229. The van der Waals surface area contributed by atoms with Crippen molar-refractivity contribution >= 4 is 5.69 Å². The first-order valence-electron chi connectivity index (χ1n) is 6.36. The first-order chi connectivity index (χ1) is 8.27. The van der Waals surface area contributed by atoms with Crippen molar-refractivity contribution in [2.24, 2.45) is 0 Å². The number of aliphatic hydroxyl groups is 1. The van der Waals surface area contributed by atoms with Crippen LogP contribution in [0.15, 0.2) is 24.3 Å². The maximum Gasteiger partial charge on any atom is 0.0642 e. The fourth-order valence-electron chi connectivity index (χ4n) is 2.20. The average Bonchev–Trinajstić information content (AvgIpc) is 2.38. The lowest BCUT2D eigenvalue weighted by Crippen LogP contribution is -2.36. The Morgan fingerprint density at radius 3 is 2.71 bits per heavy atom. The van der Waals surface area contributed by atoms with Crippen LogP contribution < -0.4 is 4.90 Å². The maximum absolute atomic E-state index is 9.38. The Kier molecular flexibility index (Phi) is 4.40. The molecule has 2 rings (SSSR count). The maximum atomic E-state index is 9.38. The predicted octanol–water partition coefficient (Wildman–Crippen LogP) is 1.84.